The molecule has 7 rings (SSSR count). The average Bonchev–Trinajstić information content (AvgIpc) is 3.03. The van der Waals surface area contributed by atoms with Crippen LogP contribution in [0.25, 0.3) is 22.3 Å². The second-order valence-corrected chi connectivity index (χ2v) is 9.85. The van der Waals surface area contributed by atoms with Crippen LogP contribution in [0.3, 0.4) is 0 Å². The molecule has 0 N–H and O–H groups in total. The molecule has 2 heteroatoms. The Kier molecular flexibility index (Phi) is 6.20. The SMILES string of the molecule is c1ccc(-c2cccc(C3=Nc4ccccc4C(c4cccc(-c5ccccc5)c4)=Nc4ccccc43)c2)cc1. The molecule has 40 heavy (non-hydrogen) atoms. The van der Waals surface area contributed by atoms with Crippen LogP contribution in [0.2, 0.25) is 0 Å². The minimum atomic E-state index is 0.904. The number of rotatable bonds is 4. The van der Waals surface area contributed by atoms with Crippen molar-refractivity contribution in [3.63, 3.8) is 0 Å². The highest BCUT2D eigenvalue weighted by Gasteiger charge is 2.20. The Balaban J connectivity index is 1.41. The van der Waals surface area contributed by atoms with Crippen LogP contribution in [0, 0.1) is 0 Å². The third-order valence-electron chi connectivity index (χ3n) is 7.27. The molecular formula is C38H26N2. The number of aliphatic imine (C=N–C) groups is 2. The van der Waals surface area contributed by atoms with Gasteiger partial charge in [-0.05, 0) is 46.5 Å². The molecule has 0 saturated carbocycles. The van der Waals surface area contributed by atoms with Crippen molar-refractivity contribution in [2.24, 2.45) is 9.98 Å². The zero-order valence-electron chi connectivity index (χ0n) is 21.9. The molecule has 1 aliphatic heterocycles. The fraction of sp³-hybridized carbons (Fsp3) is 0. The molecule has 0 fully saturated rings. The van der Waals surface area contributed by atoms with Crippen molar-refractivity contribution < 1.29 is 0 Å². The van der Waals surface area contributed by atoms with Gasteiger partial charge in [0.1, 0.15) is 0 Å². The van der Waals surface area contributed by atoms with Crippen molar-refractivity contribution in [2.75, 3.05) is 0 Å². The quantitative estimate of drug-likeness (QED) is 0.225. The van der Waals surface area contributed by atoms with Gasteiger partial charge in [-0.1, -0.05) is 133 Å². The van der Waals surface area contributed by atoms with Gasteiger partial charge in [-0.25, -0.2) is 9.98 Å². The monoisotopic (exact) mass is 510 g/mol. The van der Waals surface area contributed by atoms with Crippen molar-refractivity contribution in [2.45, 2.75) is 0 Å². The lowest BCUT2D eigenvalue weighted by Crippen LogP contribution is -2.10. The number of para-hydroxylation sites is 2. The van der Waals surface area contributed by atoms with E-state index in [1.807, 2.05) is 24.3 Å². The van der Waals surface area contributed by atoms with Gasteiger partial charge in [0.15, 0.2) is 0 Å². The van der Waals surface area contributed by atoms with Crippen molar-refractivity contribution in [1.82, 2.24) is 0 Å². The minimum absolute atomic E-state index is 0.904. The van der Waals surface area contributed by atoms with E-state index in [2.05, 4.69) is 133 Å². The van der Waals surface area contributed by atoms with Crippen LogP contribution >= 0.6 is 0 Å². The van der Waals surface area contributed by atoms with Gasteiger partial charge < -0.3 is 0 Å². The van der Waals surface area contributed by atoms with Gasteiger partial charge in [-0.3, -0.25) is 0 Å². The van der Waals surface area contributed by atoms with Gasteiger partial charge >= 0.3 is 0 Å². The number of benzene rings is 6. The third kappa shape index (κ3) is 4.57. The molecule has 0 amide bonds. The molecular weight excluding hydrogens is 484 g/mol. The molecule has 0 aliphatic carbocycles. The lowest BCUT2D eigenvalue weighted by molar-refractivity contribution is 1.39. The van der Waals surface area contributed by atoms with Gasteiger partial charge in [-0.2, -0.15) is 0 Å². The number of fused-ring (bicyclic) bond motifs is 2. The fourth-order valence-electron chi connectivity index (χ4n) is 5.30. The highest BCUT2D eigenvalue weighted by molar-refractivity contribution is 6.22. The Morgan fingerprint density at radius 2 is 0.625 bits per heavy atom. The van der Waals surface area contributed by atoms with E-state index in [-0.39, 0.29) is 0 Å². The zero-order chi connectivity index (χ0) is 26.7. The number of hydrogen-bond acceptors (Lipinski definition) is 2. The topological polar surface area (TPSA) is 24.7 Å². The smallest absolute Gasteiger partial charge is 0.0803 e. The van der Waals surface area contributed by atoms with E-state index in [0.717, 1.165) is 56.2 Å². The van der Waals surface area contributed by atoms with Crippen molar-refractivity contribution >= 4 is 22.8 Å². The number of hydrogen-bond donors (Lipinski definition) is 0. The molecule has 0 spiro atoms. The van der Waals surface area contributed by atoms with Crippen LogP contribution in [0.4, 0.5) is 11.4 Å². The summed E-state index contributed by atoms with van der Waals surface area (Å²) in [6.07, 6.45) is 0. The summed E-state index contributed by atoms with van der Waals surface area (Å²) in [7, 11) is 0. The molecule has 2 nitrogen and oxygen atoms in total. The van der Waals surface area contributed by atoms with Gasteiger partial charge in [0.2, 0.25) is 0 Å². The summed E-state index contributed by atoms with van der Waals surface area (Å²) in [5, 5.41) is 0. The van der Waals surface area contributed by atoms with Gasteiger partial charge in [0.05, 0.1) is 22.8 Å². The molecule has 0 unspecified atom stereocenters. The van der Waals surface area contributed by atoms with E-state index in [1.54, 1.807) is 0 Å². The number of nitrogens with zero attached hydrogens (tertiary/aromatic N) is 2. The molecule has 0 saturated heterocycles. The summed E-state index contributed by atoms with van der Waals surface area (Å²) in [5.74, 6) is 0. The van der Waals surface area contributed by atoms with Crippen molar-refractivity contribution in [3.05, 3.63) is 180 Å². The van der Waals surface area contributed by atoms with E-state index >= 15 is 0 Å². The first kappa shape index (κ1) is 23.8. The highest BCUT2D eigenvalue weighted by atomic mass is 14.8. The maximum absolute atomic E-state index is 5.34. The van der Waals surface area contributed by atoms with E-state index < -0.39 is 0 Å². The Morgan fingerprint density at radius 1 is 0.275 bits per heavy atom. The molecule has 0 radical (unpaired) electrons. The standard InChI is InChI=1S/C38H26N2/c1-3-13-27(14-4-1)29-17-11-19-31(25-29)37-33-21-7-9-23-35(33)40-38(34-22-8-10-24-36(34)39-37)32-20-12-18-30(26-32)28-15-5-2-6-16-28/h1-26H. The molecule has 1 aliphatic rings. The molecule has 1 heterocycles. The van der Waals surface area contributed by atoms with Crippen LogP contribution in [0.1, 0.15) is 22.3 Å². The van der Waals surface area contributed by atoms with Gasteiger partial charge in [-0.15, -0.1) is 0 Å². The van der Waals surface area contributed by atoms with Crippen LogP contribution < -0.4 is 0 Å². The Morgan fingerprint density at radius 3 is 1.07 bits per heavy atom. The van der Waals surface area contributed by atoms with Gasteiger partial charge in [0, 0.05) is 22.3 Å². The normalized spacial score (nSPS) is 12.3. The lowest BCUT2D eigenvalue weighted by Gasteiger charge is -2.18. The molecule has 188 valence electrons. The summed E-state index contributed by atoms with van der Waals surface area (Å²) in [6.45, 7) is 0. The van der Waals surface area contributed by atoms with Crippen LogP contribution in [-0.2, 0) is 0 Å². The van der Waals surface area contributed by atoms with E-state index in [1.165, 1.54) is 11.1 Å². The molecule has 0 aromatic heterocycles. The minimum Gasteiger partial charge on any atom is -0.247 e. The Labute approximate surface area is 234 Å². The molecule has 0 atom stereocenters. The Bertz CT molecular complexity index is 1740. The van der Waals surface area contributed by atoms with E-state index in [0.29, 0.717) is 0 Å². The summed E-state index contributed by atoms with van der Waals surface area (Å²) in [6, 6.07) is 54.8. The summed E-state index contributed by atoms with van der Waals surface area (Å²) in [5.41, 5.74) is 12.5. The predicted octanol–water partition coefficient (Wildman–Crippen LogP) is 9.67. The van der Waals surface area contributed by atoms with Crippen molar-refractivity contribution in [3.8, 4) is 22.3 Å². The second-order valence-electron chi connectivity index (χ2n) is 9.85. The third-order valence-corrected chi connectivity index (χ3v) is 7.27. The predicted molar refractivity (Wildman–Crippen MR) is 167 cm³/mol. The van der Waals surface area contributed by atoms with Crippen LogP contribution in [0.5, 0.6) is 0 Å². The zero-order valence-corrected chi connectivity index (χ0v) is 21.9. The first-order valence-electron chi connectivity index (χ1n) is 13.5. The van der Waals surface area contributed by atoms with Crippen LogP contribution in [0.15, 0.2) is 168 Å². The molecule has 6 aromatic rings. The van der Waals surface area contributed by atoms with Crippen molar-refractivity contribution in [1.29, 1.82) is 0 Å². The second kappa shape index (κ2) is 10.4. The fourth-order valence-corrected chi connectivity index (χ4v) is 5.30. The van der Waals surface area contributed by atoms with E-state index in [4.69, 9.17) is 9.98 Å². The first-order valence-corrected chi connectivity index (χ1v) is 13.5. The highest BCUT2D eigenvalue weighted by Crippen LogP contribution is 2.34. The van der Waals surface area contributed by atoms with Crippen LogP contribution in [-0.4, -0.2) is 11.4 Å². The largest absolute Gasteiger partial charge is 0.247 e. The average molecular weight is 511 g/mol. The summed E-state index contributed by atoms with van der Waals surface area (Å²) in [4.78, 5) is 10.7. The van der Waals surface area contributed by atoms with E-state index in [9.17, 15) is 0 Å². The van der Waals surface area contributed by atoms with Gasteiger partial charge in [0.25, 0.3) is 0 Å². The maximum atomic E-state index is 5.34. The molecule has 0 bridgehead atoms. The maximum Gasteiger partial charge on any atom is 0.0803 e. The summed E-state index contributed by atoms with van der Waals surface area (Å²) < 4.78 is 0. The molecule has 6 aromatic carbocycles. The summed E-state index contributed by atoms with van der Waals surface area (Å²) >= 11 is 0. The lowest BCUT2D eigenvalue weighted by atomic mass is 9.93. The first-order chi connectivity index (χ1) is 19.8. The Hall–Kier alpha value is -5.34.